The Bertz CT molecular complexity index is 8.00. The topological polar surface area (TPSA) is 0 Å². The minimum Gasteiger partial charge on any atom is 0 e. The zero-order valence-electron chi connectivity index (χ0n) is 2.04. The van der Waals surface area contributed by atoms with Gasteiger partial charge in [-0.2, -0.15) is 0 Å². The molecule has 33 valence electrons. The fraction of sp³-hybridized carbons (Fsp3) is 1.00. The maximum absolute atomic E-state index is 2.14. The molecule has 0 bridgehead atoms. The Morgan fingerprint density at radius 2 is 1.25 bits per heavy atom. The van der Waals surface area contributed by atoms with Crippen molar-refractivity contribution < 1.29 is 53.7 Å². The molecule has 0 saturated carbocycles. The zero-order chi connectivity index (χ0) is 2.00. The number of rotatable bonds is 0. The monoisotopic (exact) mass is 320 g/mol. The van der Waals surface area contributed by atoms with Crippen molar-refractivity contribution >= 4 is 0 Å². The minimum absolute atomic E-state index is 0. The van der Waals surface area contributed by atoms with Crippen molar-refractivity contribution in [1.29, 1.82) is 0 Å². The molecule has 0 unspecified atom stereocenters. The molecule has 0 aliphatic rings. The summed E-state index contributed by atoms with van der Waals surface area (Å²) in [5.41, 5.74) is 0. The summed E-state index contributed by atoms with van der Waals surface area (Å²) >= 11 is 2.14. The molecular formula is CH3CrNiPt. The second-order valence-electron chi connectivity index (χ2n) is 0. The van der Waals surface area contributed by atoms with E-state index in [0.717, 1.165) is 0 Å². The Labute approximate surface area is 58.7 Å². The quantitative estimate of drug-likeness (QED) is 0.573. The van der Waals surface area contributed by atoms with E-state index in [1.807, 2.05) is 5.31 Å². The van der Waals surface area contributed by atoms with Crippen molar-refractivity contribution in [3.8, 4) is 0 Å². The minimum atomic E-state index is 0. The van der Waals surface area contributed by atoms with Crippen LogP contribution in [0.15, 0.2) is 0 Å². The summed E-state index contributed by atoms with van der Waals surface area (Å²) in [5, 5.41) is 1.97. The summed E-state index contributed by atoms with van der Waals surface area (Å²) in [5.74, 6) is 0. The summed E-state index contributed by atoms with van der Waals surface area (Å²) in [6.45, 7) is 0. The van der Waals surface area contributed by atoms with Crippen molar-refractivity contribution in [2.75, 3.05) is 0 Å². The van der Waals surface area contributed by atoms with Gasteiger partial charge in [-0.15, -0.1) is 0 Å². The first-order valence-corrected chi connectivity index (χ1v) is 2.59. The summed E-state index contributed by atoms with van der Waals surface area (Å²) < 4.78 is 0. The van der Waals surface area contributed by atoms with E-state index in [1.165, 1.54) is 0 Å². The standard InChI is InChI=1S/CH3.Cr.Ni.Pt/h1H3;;;. The van der Waals surface area contributed by atoms with Crippen molar-refractivity contribution in [3.63, 3.8) is 0 Å². The molecule has 0 atom stereocenters. The first kappa shape index (κ1) is 17.2. The molecule has 0 aromatic carbocycles. The van der Waals surface area contributed by atoms with Crippen LogP contribution in [0.4, 0.5) is 0 Å². The van der Waals surface area contributed by atoms with Gasteiger partial charge < -0.3 is 0 Å². The van der Waals surface area contributed by atoms with E-state index in [4.69, 9.17) is 0 Å². The number of hydrogen-bond acceptors (Lipinski definition) is 0. The van der Waals surface area contributed by atoms with E-state index in [1.54, 1.807) is 0 Å². The normalized spacial score (nSPS) is 1.75. The maximum atomic E-state index is 2.14. The van der Waals surface area contributed by atoms with Crippen LogP contribution in [-0.2, 0) is 53.7 Å². The molecule has 0 saturated heterocycles. The first-order chi connectivity index (χ1) is 1.00. The van der Waals surface area contributed by atoms with E-state index < -0.39 is 0 Å². The smallest absolute Gasteiger partial charge is 0 e. The van der Waals surface area contributed by atoms with E-state index in [0.29, 0.717) is 0 Å². The number of hydrogen-bond donors (Lipinski definition) is 0. The molecule has 0 heterocycles. The van der Waals surface area contributed by atoms with Gasteiger partial charge in [-0.3, -0.25) is 0 Å². The van der Waals surface area contributed by atoms with Gasteiger partial charge in [-0.25, -0.2) is 0 Å². The van der Waals surface area contributed by atoms with Crippen LogP contribution in [0, 0.1) is 0 Å². The van der Waals surface area contributed by atoms with Crippen molar-refractivity contribution in [1.82, 2.24) is 0 Å². The van der Waals surface area contributed by atoms with Gasteiger partial charge >= 0.3 is 25.1 Å². The predicted molar refractivity (Wildman–Crippen MR) is 5.86 cm³/mol. The Morgan fingerprint density at radius 1 is 1.25 bits per heavy atom. The molecule has 0 nitrogen and oxygen atoms in total. The molecule has 0 radical (unpaired) electrons. The first-order valence-electron chi connectivity index (χ1n) is 0.316. The molecule has 0 N–H and O–H groups in total. The average molecular weight is 321 g/mol. The van der Waals surface area contributed by atoms with Gasteiger partial charge in [0.15, 0.2) is 0 Å². The molecular weight excluding hydrogens is 318 g/mol. The van der Waals surface area contributed by atoms with E-state index in [2.05, 4.69) is 19.8 Å². The maximum Gasteiger partial charge on any atom is 0 e. The third kappa shape index (κ3) is 9.31. The Kier molecular flexibility index (Phi) is 95.4. The van der Waals surface area contributed by atoms with Crippen LogP contribution in [0.1, 0.15) is 0 Å². The van der Waals surface area contributed by atoms with Crippen LogP contribution in [0.2, 0.25) is 5.31 Å². The molecule has 0 rings (SSSR count). The van der Waals surface area contributed by atoms with Crippen LogP contribution in [0.3, 0.4) is 0 Å². The van der Waals surface area contributed by atoms with Gasteiger partial charge in [-0.05, 0) is 0 Å². The zero-order valence-corrected chi connectivity index (χ0v) is 6.58. The van der Waals surface area contributed by atoms with Crippen LogP contribution in [0.25, 0.3) is 0 Å². The second-order valence-corrected chi connectivity index (χ2v) is 0. The summed E-state index contributed by atoms with van der Waals surface area (Å²) in [6, 6.07) is 0. The molecule has 0 aliphatic heterocycles. The molecule has 0 fully saturated rings. The summed E-state index contributed by atoms with van der Waals surface area (Å²) in [7, 11) is 0. The van der Waals surface area contributed by atoms with Crippen molar-refractivity contribution in [2.24, 2.45) is 0 Å². The third-order valence-electron chi connectivity index (χ3n) is 0. The molecule has 0 aliphatic carbocycles. The van der Waals surface area contributed by atoms with E-state index >= 15 is 0 Å². The molecule has 0 spiro atoms. The van der Waals surface area contributed by atoms with E-state index in [-0.39, 0.29) is 33.9 Å². The van der Waals surface area contributed by atoms with Crippen LogP contribution in [-0.4, -0.2) is 0 Å². The van der Waals surface area contributed by atoms with Crippen LogP contribution in [0.5, 0.6) is 0 Å². The van der Waals surface area contributed by atoms with E-state index in [9.17, 15) is 0 Å². The molecule has 0 aromatic rings. The fourth-order valence-corrected chi connectivity index (χ4v) is 0. The fourth-order valence-electron chi connectivity index (χ4n) is 0. The third-order valence-corrected chi connectivity index (χ3v) is 0. The molecule has 0 aromatic heterocycles. The average Bonchev–Trinajstić information content (AvgIpc) is 1.00. The van der Waals surface area contributed by atoms with Gasteiger partial charge in [0, 0.05) is 33.9 Å². The van der Waals surface area contributed by atoms with Gasteiger partial charge in [0.1, 0.15) is 0 Å². The summed E-state index contributed by atoms with van der Waals surface area (Å²) in [6.07, 6.45) is 0. The Balaban J connectivity index is -0.00000000500. The van der Waals surface area contributed by atoms with Gasteiger partial charge in [0.05, 0.1) is 0 Å². The SMILES string of the molecule is [CH3][Pt].[Cr].[Ni]. The van der Waals surface area contributed by atoms with Gasteiger partial charge in [0.2, 0.25) is 0 Å². The van der Waals surface area contributed by atoms with Gasteiger partial charge in [0.25, 0.3) is 0 Å². The largest absolute Gasteiger partial charge is 0 e. The van der Waals surface area contributed by atoms with Crippen molar-refractivity contribution in [2.45, 2.75) is 5.31 Å². The van der Waals surface area contributed by atoms with Crippen LogP contribution < -0.4 is 0 Å². The molecule has 4 heavy (non-hydrogen) atoms. The van der Waals surface area contributed by atoms with Crippen LogP contribution >= 0.6 is 0 Å². The van der Waals surface area contributed by atoms with Gasteiger partial charge in [-0.1, -0.05) is 0 Å². The molecule has 3 heteroatoms. The molecule has 0 amide bonds. The Morgan fingerprint density at radius 3 is 1.25 bits per heavy atom. The van der Waals surface area contributed by atoms with Crippen molar-refractivity contribution in [3.05, 3.63) is 0 Å². The second kappa shape index (κ2) is 22.1. The Hall–Kier alpha value is 1.71. The summed E-state index contributed by atoms with van der Waals surface area (Å²) in [4.78, 5) is 0. The predicted octanol–water partition coefficient (Wildman–Crippen LogP) is 0.576.